The number of nitrogens with one attached hydrogen (secondary N) is 1. The molecule has 1 heterocycles. The number of carbonyl (C=O) groups is 2. The summed E-state index contributed by atoms with van der Waals surface area (Å²) in [5, 5.41) is 8.62. The quantitative estimate of drug-likeness (QED) is 0.323. The number of rotatable bonds is 5. The molecule has 0 fully saturated rings. The Hall–Kier alpha value is -2.45. The second-order valence-electron chi connectivity index (χ2n) is 3.08. The molecule has 0 spiro atoms. The van der Waals surface area contributed by atoms with Crippen LogP contribution in [0.3, 0.4) is 0 Å². The molecule has 92 valence electrons. The van der Waals surface area contributed by atoms with Crippen molar-refractivity contribution < 1.29 is 14.3 Å². The number of ether oxygens (including phenoxy) is 1. The molecule has 0 unspecified atom stereocenters. The minimum absolute atomic E-state index is 0.0465. The highest BCUT2D eigenvalue weighted by Gasteiger charge is 2.10. The van der Waals surface area contributed by atoms with Crippen molar-refractivity contribution in [1.29, 1.82) is 0 Å². The van der Waals surface area contributed by atoms with Gasteiger partial charge in [-0.2, -0.15) is 0 Å². The molecular formula is C8H12N6O3. The smallest absolute Gasteiger partial charge is 0.304 e. The summed E-state index contributed by atoms with van der Waals surface area (Å²) >= 11 is 0. The molecule has 9 heteroatoms. The molecule has 0 atom stereocenters. The Bertz CT molecular complexity index is 440. The van der Waals surface area contributed by atoms with Gasteiger partial charge in [-0.1, -0.05) is 5.22 Å². The minimum Gasteiger partial charge on any atom is -0.443 e. The van der Waals surface area contributed by atoms with Crippen molar-refractivity contribution >= 4 is 17.7 Å². The summed E-state index contributed by atoms with van der Waals surface area (Å²) in [6.45, 7) is 1.24. The van der Waals surface area contributed by atoms with Gasteiger partial charge in [0.15, 0.2) is 12.4 Å². The first kappa shape index (κ1) is 12.6. The van der Waals surface area contributed by atoms with Crippen LogP contribution in [0, 0.1) is 0 Å². The topological polar surface area (TPSA) is 126 Å². The van der Waals surface area contributed by atoms with Gasteiger partial charge in [0.05, 0.1) is 6.33 Å². The second kappa shape index (κ2) is 5.58. The van der Waals surface area contributed by atoms with Gasteiger partial charge in [-0.15, -0.1) is 5.11 Å². The van der Waals surface area contributed by atoms with E-state index in [1.165, 1.54) is 18.3 Å². The molecule has 0 aromatic carbocycles. The van der Waals surface area contributed by atoms with E-state index in [9.17, 15) is 9.59 Å². The van der Waals surface area contributed by atoms with Gasteiger partial charge in [0, 0.05) is 14.0 Å². The molecular weight excluding hydrogens is 228 g/mol. The second-order valence-corrected chi connectivity index (χ2v) is 3.08. The molecule has 0 aliphatic carbocycles. The Balaban J connectivity index is 2.60. The van der Waals surface area contributed by atoms with Gasteiger partial charge in [0.2, 0.25) is 5.82 Å². The van der Waals surface area contributed by atoms with E-state index in [-0.39, 0.29) is 18.2 Å². The molecule has 0 aliphatic rings. The van der Waals surface area contributed by atoms with Crippen LogP contribution in [-0.4, -0.2) is 40.6 Å². The highest BCUT2D eigenvalue weighted by atomic mass is 16.5. The highest BCUT2D eigenvalue weighted by molar-refractivity contribution is 5.94. The molecule has 1 aromatic rings. The van der Waals surface area contributed by atoms with Crippen LogP contribution in [-0.2, 0) is 9.53 Å². The molecule has 3 N–H and O–H groups in total. The number of primary amides is 1. The van der Waals surface area contributed by atoms with Gasteiger partial charge < -0.3 is 15.5 Å². The summed E-state index contributed by atoms with van der Waals surface area (Å²) < 4.78 is 4.66. The number of nitrogens with zero attached hydrogens (tertiary/aromatic N) is 4. The fourth-order valence-corrected chi connectivity index (χ4v) is 0.873. The van der Waals surface area contributed by atoms with Crippen molar-refractivity contribution in [2.45, 2.75) is 6.92 Å². The summed E-state index contributed by atoms with van der Waals surface area (Å²) in [6, 6.07) is 0. The summed E-state index contributed by atoms with van der Waals surface area (Å²) in [4.78, 5) is 27.7. The average molecular weight is 240 g/mol. The maximum Gasteiger partial charge on any atom is 0.304 e. The molecule has 1 amide bonds. The van der Waals surface area contributed by atoms with Gasteiger partial charge in [0.1, 0.15) is 0 Å². The molecule has 0 radical (unpaired) electrons. The van der Waals surface area contributed by atoms with Crippen LogP contribution in [0.15, 0.2) is 16.7 Å². The van der Waals surface area contributed by atoms with Crippen molar-refractivity contribution in [2.75, 3.05) is 13.8 Å². The maximum atomic E-state index is 10.9. The van der Waals surface area contributed by atoms with Crippen molar-refractivity contribution in [3.63, 3.8) is 0 Å². The standard InChI is InChI=1S/C8H12N6O3/c1-5(15)17-4-14(2)13-12-8-6(7(9)16)10-3-11-8/h3H,4H2,1-2H3,(H2,9,16)(H,10,11)/b13-12+. The van der Waals surface area contributed by atoms with Gasteiger partial charge >= 0.3 is 5.97 Å². The summed E-state index contributed by atoms with van der Waals surface area (Å²) in [5.41, 5.74) is 5.13. The number of hydrogen-bond donors (Lipinski definition) is 2. The fourth-order valence-electron chi connectivity index (χ4n) is 0.873. The number of amides is 1. The van der Waals surface area contributed by atoms with Gasteiger partial charge in [-0.25, -0.2) is 9.99 Å². The van der Waals surface area contributed by atoms with Crippen molar-refractivity contribution in [3.05, 3.63) is 12.0 Å². The molecule has 0 bridgehead atoms. The molecule has 0 saturated carbocycles. The van der Waals surface area contributed by atoms with Crippen molar-refractivity contribution in [1.82, 2.24) is 15.0 Å². The average Bonchev–Trinajstić information content (AvgIpc) is 2.71. The lowest BCUT2D eigenvalue weighted by Gasteiger charge is -2.09. The van der Waals surface area contributed by atoms with E-state index in [1.54, 1.807) is 7.05 Å². The molecule has 0 saturated heterocycles. The number of carbonyl (C=O) groups excluding carboxylic acids is 2. The van der Waals surface area contributed by atoms with E-state index in [1.807, 2.05) is 0 Å². The molecule has 1 rings (SSSR count). The first-order valence-electron chi connectivity index (χ1n) is 4.60. The van der Waals surface area contributed by atoms with E-state index < -0.39 is 11.9 Å². The third-order valence-corrected chi connectivity index (χ3v) is 1.61. The third kappa shape index (κ3) is 3.89. The summed E-state index contributed by atoms with van der Waals surface area (Å²) in [6.07, 6.45) is 1.28. The van der Waals surface area contributed by atoms with Crippen LogP contribution < -0.4 is 5.73 Å². The SMILES string of the molecule is CC(=O)OCN(C)/N=N/c1nc[nH]c1C(N)=O. The minimum atomic E-state index is -0.681. The maximum absolute atomic E-state index is 10.9. The number of esters is 1. The van der Waals surface area contributed by atoms with Gasteiger partial charge in [-0.05, 0) is 0 Å². The Morgan fingerprint density at radius 3 is 2.94 bits per heavy atom. The van der Waals surface area contributed by atoms with Crippen LogP contribution in [0.1, 0.15) is 17.4 Å². The van der Waals surface area contributed by atoms with Gasteiger partial charge in [0.25, 0.3) is 5.91 Å². The monoisotopic (exact) mass is 240 g/mol. The zero-order chi connectivity index (χ0) is 12.8. The van der Waals surface area contributed by atoms with E-state index in [0.29, 0.717) is 0 Å². The lowest BCUT2D eigenvalue weighted by Crippen LogP contribution is -2.17. The van der Waals surface area contributed by atoms with E-state index >= 15 is 0 Å². The molecule has 1 aromatic heterocycles. The zero-order valence-corrected chi connectivity index (χ0v) is 9.38. The van der Waals surface area contributed by atoms with E-state index in [0.717, 1.165) is 0 Å². The van der Waals surface area contributed by atoms with Crippen LogP contribution in [0.25, 0.3) is 0 Å². The van der Waals surface area contributed by atoms with Gasteiger partial charge in [-0.3, -0.25) is 9.59 Å². The van der Waals surface area contributed by atoms with Crippen molar-refractivity contribution in [2.24, 2.45) is 16.1 Å². The predicted octanol–water partition coefficient (Wildman–Crippen LogP) is -0.0403. The first-order valence-corrected chi connectivity index (χ1v) is 4.60. The van der Waals surface area contributed by atoms with Crippen LogP contribution in [0.2, 0.25) is 0 Å². The zero-order valence-electron chi connectivity index (χ0n) is 9.38. The number of aromatic nitrogens is 2. The largest absolute Gasteiger partial charge is 0.443 e. The Kier molecular flexibility index (Phi) is 4.14. The summed E-state index contributed by atoms with van der Waals surface area (Å²) in [5.74, 6) is -1.03. The Morgan fingerprint density at radius 2 is 2.35 bits per heavy atom. The molecule has 0 aliphatic heterocycles. The van der Waals surface area contributed by atoms with Crippen LogP contribution >= 0.6 is 0 Å². The number of nitrogens with two attached hydrogens (primary N) is 1. The lowest BCUT2D eigenvalue weighted by molar-refractivity contribution is -0.145. The fraction of sp³-hybridized carbons (Fsp3) is 0.375. The predicted molar refractivity (Wildman–Crippen MR) is 56.0 cm³/mol. The van der Waals surface area contributed by atoms with Crippen LogP contribution in [0.4, 0.5) is 5.82 Å². The lowest BCUT2D eigenvalue weighted by atomic mass is 10.4. The van der Waals surface area contributed by atoms with Crippen LogP contribution in [0.5, 0.6) is 0 Å². The molecule has 9 nitrogen and oxygen atoms in total. The van der Waals surface area contributed by atoms with E-state index in [4.69, 9.17) is 5.73 Å². The van der Waals surface area contributed by atoms with E-state index in [2.05, 4.69) is 25.0 Å². The highest BCUT2D eigenvalue weighted by Crippen LogP contribution is 2.13. The van der Waals surface area contributed by atoms with Crippen molar-refractivity contribution in [3.8, 4) is 0 Å². The Morgan fingerprint density at radius 1 is 1.65 bits per heavy atom. The number of aromatic amines is 1. The number of H-pyrrole nitrogens is 1. The number of hydrogen-bond acceptors (Lipinski definition) is 6. The Labute approximate surface area is 96.6 Å². The summed E-state index contributed by atoms with van der Waals surface area (Å²) in [7, 11) is 1.54. The number of imidazole rings is 1. The first-order chi connectivity index (χ1) is 8.00. The normalized spacial score (nSPS) is 10.5. The molecule has 17 heavy (non-hydrogen) atoms. The third-order valence-electron chi connectivity index (χ3n) is 1.61.